The number of hydrogen-bond acceptors (Lipinski definition) is 10. The van der Waals surface area contributed by atoms with Gasteiger partial charge in [0.1, 0.15) is 17.4 Å². The first kappa shape index (κ1) is 26.3. The lowest BCUT2D eigenvalue weighted by molar-refractivity contribution is -0.248. The lowest BCUT2D eigenvalue weighted by Crippen LogP contribution is -2.52. The topological polar surface area (TPSA) is 197 Å². The zero-order valence-electron chi connectivity index (χ0n) is 20.7. The van der Waals surface area contributed by atoms with Crippen LogP contribution in [0.15, 0.2) is 24.3 Å². The molecule has 0 aromatic heterocycles. The maximum absolute atomic E-state index is 13.5. The van der Waals surface area contributed by atoms with Gasteiger partial charge in [-0.25, -0.2) is 0 Å². The Labute approximate surface area is 217 Å². The SMILES string of the molecule is CC[C@@]1(O)C[C@H](O[C@H]2C[C@H](N)[C@H](O)[C@H](C)O2)c2c(cc3c(c2O)C(=O)c2c(O)cccc2C3=O)[C@H]1C(=O)O. The quantitative estimate of drug-likeness (QED) is 0.287. The summed E-state index contributed by atoms with van der Waals surface area (Å²) < 4.78 is 11.9. The van der Waals surface area contributed by atoms with Gasteiger partial charge in [-0.2, -0.15) is 0 Å². The summed E-state index contributed by atoms with van der Waals surface area (Å²) in [6.07, 6.45) is -3.92. The van der Waals surface area contributed by atoms with Gasteiger partial charge in [0.05, 0.1) is 35.0 Å². The molecule has 2 aliphatic carbocycles. The third kappa shape index (κ3) is 3.81. The van der Waals surface area contributed by atoms with E-state index >= 15 is 0 Å². The van der Waals surface area contributed by atoms with Gasteiger partial charge in [-0.1, -0.05) is 19.1 Å². The molecule has 7 atom stereocenters. The highest BCUT2D eigenvalue weighted by molar-refractivity contribution is 6.30. The van der Waals surface area contributed by atoms with Crippen molar-refractivity contribution in [1.29, 1.82) is 0 Å². The van der Waals surface area contributed by atoms with Crippen molar-refractivity contribution in [3.05, 3.63) is 57.6 Å². The molecule has 0 spiro atoms. The molecular formula is C27H29NO10. The molecule has 2 aromatic rings. The summed E-state index contributed by atoms with van der Waals surface area (Å²) in [5, 5.41) is 53.5. The van der Waals surface area contributed by atoms with Crippen LogP contribution in [0, 0.1) is 0 Å². The van der Waals surface area contributed by atoms with E-state index < -0.39 is 71.2 Å². The maximum Gasteiger partial charge on any atom is 0.313 e. The number of fused-ring (bicyclic) bond motifs is 3. The van der Waals surface area contributed by atoms with E-state index in [4.69, 9.17) is 15.2 Å². The molecule has 7 N–H and O–H groups in total. The fraction of sp³-hybridized carbons (Fsp3) is 0.444. The molecule has 1 fully saturated rings. The van der Waals surface area contributed by atoms with Crippen LogP contribution in [0.25, 0.3) is 0 Å². The molecule has 38 heavy (non-hydrogen) atoms. The second-order valence-corrected chi connectivity index (χ2v) is 10.2. The lowest BCUT2D eigenvalue weighted by Gasteiger charge is -2.45. The molecule has 5 rings (SSSR count). The number of aliphatic hydroxyl groups is 2. The molecule has 0 unspecified atom stereocenters. The third-order valence-corrected chi connectivity index (χ3v) is 7.99. The third-order valence-electron chi connectivity index (χ3n) is 7.99. The maximum atomic E-state index is 13.5. The number of carboxylic acids is 1. The van der Waals surface area contributed by atoms with E-state index in [1.165, 1.54) is 24.3 Å². The normalized spacial score (nSPS) is 32.3. The van der Waals surface area contributed by atoms with Crippen LogP contribution in [-0.4, -0.2) is 73.2 Å². The number of rotatable bonds is 4. The van der Waals surface area contributed by atoms with E-state index in [9.17, 15) is 39.9 Å². The van der Waals surface area contributed by atoms with Gasteiger partial charge in [0.15, 0.2) is 12.1 Å². The summed E-state index contributed by atoms with van der Waals surface area (Å²) in [7, 11) is 0. The van der Waals surface area contributed by atoms with Crippen molar-refractivity contribution >= 4 is 17.5 Å². The molecule has 0 saturated carbocycles. The van der Waals surface area contributed by atoms with Crippen LogP contribution in [0.1, 0.15) is 88.1 Å². The van der Waals surface area contributed by atoms with E-state index in [0.717, 1.165) is 0 Å². The summed E-state index contributed by atoms with van der Waals surface area (Å²) >= 11 is 0. The summed E-state index contributed by atoms with van der Waals surface area (Å²) in [4.78, 5) is 39.3. The number of carbonyl (C=O) groups excluding carboxylic acids is 2. The van der Waals surface area contributed by atoms with Crippen LogP contribution in [0.5, 0.6) is 11.5 Å². The lowest BCUT2D eigenvalue weighted by atomic mass is 9.67. The number of carbonyl (C=O) groups is 3. The standard InChI is InChI=1S/C27H29NO10/c1-3-27(36)9-16(38-17-8-14(28)22(30)10(2)37-17)19-12(21(27)26(34)35)7-13-20(25(19)33)24(32)18-11(23(13)31)5-4-6-15(18)29/h4-7,10,14,16-17,21-22,29-30,33,36H,3,8-9,28H2,1-2H3,(H,34,35)/t10-,14-,16-,17-,21-,22+,27+/m0/s1. The molecule has 1 saturated heterocycles. The minimum atomic E-state index is -1.83. The number of aromatic hydroxyl groups is 2. The van der Waals surface area contributed by atoms with Crippen molar-refractivity contribution in [2.45, 2.75) is 75.3 Å². The molecule has 202 valence electrons. The number of ketones is 2. The van der Waals surface area contributed by atoms with Crippen molar-refractivity contribution in [2.24, 2.45) is 5.73 Å². The molecule has 11 nitrogen and oxygen atoms in total. The van der Waals surface area contributed by atoms with Crippen molar-refractivity contribution in [3.63, 3.8) is 0 Å². The number of phenolic OH excluding ortho intramolecular Hbond substituents is 2. The van der Waals surface area contributed by atoms with Crippen LogP contribution >= 0.6 is 0 Å². The predicted octanol–water partition coefficient (Wildman–Crippen LogP) is 1.47. The number of phenols is 2. The van der Waals surface area contributed by atoms with Crippen LogP contribution in [0.3, 0.4) is 0 Å². The van der Waals surface area contributed by atoms with E-state index in [0.29, 0.717) is 0 Å². The second kappa shape index (κ2) is 9.14. The fourth-order valence-corrected chi connectivity index (χ4v) is 5.94. The van der Waals surface area contributed by atoms with Gasteiger partial charge in [-0.3, -0.25) is 14.4 Å². The van der Waals surface area contributed by atoms with Crippen LogP contribution in [0.2, 0.25) is 0 Å². The van der Waals surface area contributed by atoms with Gasteiger partial charge in [0.25, 0.3) is 0 Å². The molecule has 1 aliphatic heterocycles. The zero-order chi connectivity index (χ0) is 27.7. The van der Waals surface area contributed by atoms with Crippen LogP contribution in [-0.2, 0) is 14.3 Å². The van der Waals surface area contributed by atoms with E-state index in [2.05, 4.69) is 0 Å². The highest BCUT2D eigenvalue weighted by Gasteiger charge is 2.52. The van der Waals surface area contributed by atoms with Crippen LogP contribution in [0.4, 0.5) is 0 Å². The number of carboxylic acid groups (broad SMARTS) is 1. The average Bonchev–Trinajstić information content (AvgIpc) is 2.85. The highest BCUT2D eigenvalue weighted by Crippen LogP contribution is 2.53. The Hall–Kier alpha value is -3.35. The smallest absolute Gasteiger partial charge is 0.313 e. The minimum absolute atomic E-state index is 0.00481. The molecule has 0 radical (unpaired) electrons. The first-order chi connectivity index (χ1) is 17.9. The number of nitrogens with two attached hydrogens (primary N) is 1. The molecule has 0 bridgehead atoms. The van der Waals surface area contributed by atoms with Gasteiger partial charge in [-0.15, -0.1) is 0 Å². The largest absolute Gasteiger partial charge is 0.507 e. The molecular weight excluding hydrogens is 498 g/mol. The average molecular weight is 528 g/mol. The Bertz CT molecular complexity index is 1340. The number of aliphatic hydroxyl groups excluding tert-OH is 1. The van der Waals surface area contributed by atoms with Crippen molar-refractivity contribution in [3.8, 4) is 11.5 Å². The Balaban J connectivity index is 1.70. The van der Waals surface area contributed by atoms with Crippen molar-refractivity contribution < 1.29 is 49.4 Å². The van der Waals surface area contributed by atoms with Gasteiger partial charge in [-0.05, 0) is 31.0 Å². The number of aliphatic carboxylic acids is 1. The number of benzene rings is 2. The molecule has 11 heteroatoms. The van der Waals surface area contributed by atoms with Gasteiger partial charge in [0, 0.05) is 35.6 Å². The fourth-order valence-electron chi connectivity index (χ4n) is 5.94. The van der Waals surface area contributed by atoms with Gasteiger partial charge in [0.2, 0.25) is 5.78 Å². The summed E-state index contributed by atoms with van der Waals surface area (Å²) in [5.41, 5.74) is 3.10. The summed E-state index contributed by atoms with van der Waals surface area (Å²) in [5.74, 6) is -5.50. The van der Waals surface area contributed by atoms with Gasteiger partial charge < -0.3 is 40.7 Å². The molecule has 1 heterocycles. The summed E-state index contributed by atoms with van der Waals surface area (Å²) in [6.45, 7) is 3.22. The predicted molar refractivity (Wildman–Crippen MR) is 130 cm³/mol. The minimum Gasteiger partial charge on any atom is -0.507 e. The zero-order valence-corrected chi connectivity index (χ0v) is 20.7. The molecule has 0 amide bonds. The first-order valence-electron chi connectivity index (χ1n) is 12.4. The second-order valence-electron chi connectivity index (χ2n) is 10.2. The number of ether oxygens (including phenoxy) is 2. The molecule has 3 aliphatic rings. The number of hydrogen-bond donors (Lipinski definition) is 6. The van der Waals surface area contributed by atoms with E-state index in [1.54, 1.807) is 13.8 Å². The summed E-state index contributed by atoms with van der Waals surface area (Å²) in [6, 6.07) is 4.54. The molecule has 2 aromatic carbocycles. The van der Waals surface area contributed by atoms with E-state index in [-0.39, 0.29) is 52.6 Å². The van der Waals surface area contributed by atoms with Gasteiger partial charge >= 0.3 is 5.97 Å². The first-order valence-corrected chi connectivity index (χ1v) is 12.4. The Morgan fingerprint density at radius 1 is 1.18 bits per heavy atom. The Morgan fingerprint density at radius 2 is 1.89 bits per heavy atom. The highest BCUT2D eigenvalue weighted by atomic mass is 16.7. The van der Waals surface area contributed by atoms with Crippen molar-refractivity contribution in [2.75, 3.05) is 0 Å². The van der Waals surface area contributed by atoms with Crippen LogP contribution < -0.4 is 5.73 Å². The van der Waals surface area contributed by atoms with Crippen molar-refractivity contribution in [1.82, 2.24) is 0 Å². The Kier molecular flexibility index (Phi) is 6.32. The van der Waals surface area contributed by atoms with E-state index in [1.807, 2.05) is 0 Å². The Morgan fingerprint density at radius 3 is 2.53 bits per heavy atom. The monoisotopic (exact) mass is 527 g/mol.